The van der Waals surface area contributed by atoms with Gasteiger partial charge >= 0.3 is 5.69 Å². The third-order valence-corrected chi connectivity index (χ3v) is 3.97. The molecule has 0 unspecified atom stereocenters. The van der Waals surface area contributed by atoms with E-state index in [0.29, 0.717) is 18.4 Å². The molecular formula is C16H24N2O4. The predicted molar refractivity (Wildman–Crippen MR) is 84.0 cm³/mol. The van der Waals surface area contributed by atoms with E-state index in [1.807, 2.05) is 26.8 Å². The number of aliphatic hydroxyl groups is 1. The molecule has 2 heterocycles. The van der Waals surface area contributed by atoms with Crippen LogP contribution in [0.3, 0.4) is 0 Å². The van der Waals surface area contributed by atoms with E-state index in [2.05, 4.69) is 0 Å². The number of aryl methyl sites for hydroxylation is 1. The molecule has 0 aromatic carbocycles. The van der Waals surface area contributed by atoms with Crippen LogP contribution >= 0.6 is 0 Å². The van der Waals surface area contributed by atoms with E-state index in [4.69, 9.17) is 4.74 Å². The molecule has 0 spiro atoms. The van der Waals surface area contributed by atoms with Crippen LogP contribution < -0.4 is 11.2 Å². The normalized spacial score (nSPS) is 24.5. The Kier molecular flexibility index (Phi) is 5.03. The monoisotopic (exact) mass is 308 g/mol. The third kappa shape index (κ3) is 3.23. The Morgan fingerprint density at radius 1 is 1.45 bits per heavy atom. The van der Waals surface area contributed by atoms with Crippen molar-refractivity contribution < 1.29 is 9.84 Å². The molecule has 1 saturated heterocycles. The number of aliphatic hydroxyl groups excluding tert-OH is 1. The van der Waals surface area contributed by atoms with Gasteiger partial charge in [0, 0.05) is 24.7 Å². The predicted octanol–water partition coefficient (Wildman–Crippen LogP) is 1.34. The lowest BCUT2D eigenvalue weighted by Crippen LogP contribution is -2.41. The van der Waals surface area contributed by atoms with Gasteiger partial charge in [-0.1, -0.05) is 18.6 Å². The smallest absolute Gasteiger partial charge is 0.333 e. The minimum Gasteiger partial charge on any atom is -0.390 e. The van der Waals surface area contributed by atoms with Crippen molar-refractivity contribution in [1.29, 1.82) is 0 Å². The van der Waals surface area contributed by atoms with Gasteiger partial charge in [0.15, 0.2) is 0 Å². The van der Waals surface area contributed by atoms with Crippen LogP contribution in [0.2, 0.25) is 0 Å². The number of nitrogens with zero attached hydrogens (tertiary/aromatic N) is 2. The van der Waals surface area contributed by atoms with Gasteiger partial charge in [0.1, 0.15) is 6.23 Å². The van der Waals surface area contributed by atoms with Crippen molar-refractivity contribution in [3.05, 3.63) is 44.2 Å². The van der Waals surface area contributed by atoms with Crippen LogP contribution in [0.5, 0.6) is 0 Å². The van der Waals surface area contributed by atoms with Crippen LogP contribution in [0, 0.1) is 6.92 Å². The molecule has 1 aromatic heterocycles. The Bertz CT molecular complexity index is 682. The van der Waals surface area contributed by atoms with Gasteiger partial charge in [-0.05, 0) is 27.2 Å². The summed E-state index contributed by atoms with van der Waals surface area (Å²) < 4.78 is 8.38. The molecule has 1 fully saturated rings. The maximum Gasteiger partial charge on any atom is 0.333 e. The second-order valence-electron chi connectivity index (χ2n) is 6.04. The standard InChI is InChI=1S/C16H24N2O4/c1-5-13-12(19)8-14(22-13)18-9-11(4)15(20)17(16(18)21)7-6-10(2)3/h6,9,12-14,19H,5,7-8H2,1-4H3/t12-,13-,14-/m1/s1. The lowest BCUT2D eigenvalue weighted by atomic mass is 10.1. The maximum absolute atomic E-state index is 12.6. The van der Waals surface area contributed by atoms with Crippen LogP contribution in [-0.2, 0) is 11.3 Å². The average molecular weight is 308 g/mol. The first-order valence-electron chi connectivity index (χ1n) is 7.64. The quantitative estimate of drug-likeness (QED) is 0.852. The maximum atomic E-state index is 12.6. The SMILES string of the molecule is CC[C@H]1O[C@@H](n2cc(C)c(=O)n(CC=C(C)C)c2=O)C[C@H]1O. The summed E-state index contributed by atoms with van der Waals surface area (Å²) in [7, 11) is 0. The molecule has 122 valence electrons. The molecule has 0 saturated carbocycles. The van der Waals surface area contributed by atoms with Crippen molar-refractivity contribution in [2.24, 2.45) is 0 Å². The van der Waals surface area contributed by atoms with Crippen molar-refractivity contribution in [1.82, 2.24) is 9.13 Å². The molecule has 1 aromatic rings. The zero-order chi connectivity index (χ0) is 16.4. The highest BCUT2D eigenvalue weighted by Crippen LogP contribution is 2.29. The highest BCUT2D eigenvalue weighted by molar-refractivity contribution is 5.05. The van der Waals surface area contributed by atoms with E-state index < -0.39 is 18.0 Å². The van der Waals surface area contributed by atoms with Gasteiger partial charge < -0.3 is 9.84 Å². The van der Waals surface area contributed by atoms with Gasteiger partial charge in [0.2, 0.25) is 0 Å². The topological polar surface area (TPSA) is 73.5 Å². The summed E-state index contributed by atoms with van der Waals surface area (Å²) in [4.78, 5) is 24.8. The number of rotatable bonds is 4. The molecule has 3 atom stereocenters. The Labute approximate surface area is 129 Å². The fraction of sp³-hybridized carbons (Fsp3) is 0.625. The molecule has 0 amide bonds. The Morgan fingerprint density at radius 2 is 2.14 bits per heavy atom. The van der Waals surface area contributed by atoms with Gasteiger partial charge in [-0.2, -0.15) is 0 Å². The van der Waals surface area contributed by atoms with E-state index in [1.165, 1.54) is 15.3 Å². The highest BCUT2D eigenvalue weighted by atomic mass is 16.5. The highest BCUT2D eigenvalue weighted by Gasteiger charge is 2.34. The zero-order valence-electron chi connectivity index (χ0n) is 13.6. The summed E-state index contributed by atoms with van der Waals surface area (Å²) in [6, 6.07) is 0. The summed E-state index contributed by atoms with van der Waals surface area (Å²) in [5.41, 5.74) is 0.837. The summed E-state index contributed by atoms with van der Waals surface area (Å²) >= 11 is 0. The minimum absolute atomic E-state index is 0.244. The lowest BCUT2D eigenvalue weighted by Gasteiger charge is -2.17. The molecule has 0 bridgehead atoms. The van der Waals surface area contributed by atoms with E-state index in [-0.39, 0.29) is 18.2 Å². The lowest BCUT2D eigenvalue weighted by molar-refractivity contribution is -0.0223. The van der Waals surface area contributed by atoms with Crippen molar-refractivity contribution >= 4 is 0 Å². The second-order valence-corrected chi connectivity index (χ2v) is 6.04. The summed E-state index contributed by atoms with van der Waals surface area (Å²) in [6.45, 7) is 7.69. The van der Waals surface area contributed by atoms with Crippen LogP contribution in [-0.4, -0.2) is 26.4 Å². The van der Waals surface area contributed by atoms with Gasteiger partial charge in [-0.3, -0.25) is 13.9 Å². The molecule has 1 aliphatic rings. The third-order valence-electron chi connectivity index (χ3n) is 3.97. The molecular weight excluding hydrogens is 284 g/mol. The van der Waals surface area contributed by atoms with E-state index in [1.54, 1.807) is 6.92 Å². The second kappa shape index (κ2) is 6.62. The average Bonchev–Trinajstić information content (AvgIpc) is 2.83. The number of hydrogen-bond acceptors (Lipinski definition) is 4. The number of allylic oxidation sites excluding steroid dienone is 2. The molecule has 6 nitrogen and oxygen atoms in total. The van der Waals surface area contributed by atoms with Gasteiger partial charge in [0.05, 0.1) is 12.2 Å². The van der Waals surface area contributed by atoms with Crippen LogP contribution in [0.25, 0.3) is 0 Å². The van der Waals surface area contributed by atoms with Crippen molar-refractivity contribution in [3.63, 3.8) is 0 Å². The first-order valence-corrected chi connectivity index (χ1v) is 7.64. The molecule has 1 aliphatic heterocycles. The summed E-state index contributed by atoms with van der Waals surface area (Å²) in [6.07, 6.45) is 3.03. The van der Waals surface area contributed by atoms with Crippen molar-refractivity contribution in [2.75, 3.05) is 0 Å². The minimum atomic E-state index is -0.583. The number of hydrogen-bond donors (Lipinski definition) is 1. The number of aromatic nitrogens is 2. The Balaban J connectivity index is 2.44. The van der Waals surface area contributed by atoms with E-state index in [0.717, 1.165) is 5.57 Å². The van der Waals surface area contributed by atoms with Crippen LogP contribution in [0.4, 0.5) is 0 Å². The van der Waals surface area contributed by atoms with E-state index in [9.17, 15) is 14.7 Å². The first kappa shape index (κ1) is 16.7. The molecule has 22 heavy (non-hydrogen) atoms. The largest absolute Gasteiger partial charge is 0.390 e. The van der Waals surface area contributed by atoms with Gasteiger partial charge in [-0.15, -0.1) is 0 Å². The van der Waals surface area contributed by atoms with Crippen molar-refractivity contribution in [3.8, 4) is 0 Å². The molecule has 0 aliphatic carbocycles. The number of ether oxygens (including phenoxy) is 1. The van der Waals surface area contributed by atoms with Crippen LogP contribution in [0.15, 0.2) is 27.4 Å². The van der Waals surface area contributed by atoms with Gasteiger partial charge in [0.25, 0.3) is 5.56 Å². The molecule has 6 heteroatoms. The molecule has 1 N–H and O–H groups in total. The van der Waals surface area contributed by atoms with Crippen LogP contribution in [0.1, 0.15) is 45.4 Å². The summed E-state index contributed by atoms with van der Waals surface area (Å²) in [5.74, 6) is 0. The first-order chi connectivity index (χ1) is 10.3. The molecule has 2 rings (SSSR count). The Hall–Kier alpha value is -1.66. The van der Waals surface area contributed by atoms with E-state index >= 15 is 0 Å². The fourth-order valence-corrected chi connectivity index (χ4v) is 2.65. The fourth-order valence-electron chi connectivity index (χ4n) is 2.65. The van der Waals surface area contributed by atoms with Gasteiger partial charge in [-0.25, -0.2) is 4.79 Å². The molecule has 0 radical (unpaired) electrons. The van der Waals surface area contributed by atoms with Crippen molar-refractivity contribution in [2.45, 2.75) is 65.5 Å². The zero-order valence-corrected chi connectivity index (χ0v) is 13.6. The summed E-state index contributed by atoms with van der Waals surface area (Å²) in [5, 5.41) is 9.96. The Morgan fingerprint density at radius 3 is 2.68 bits per heavy atom.